The molecule has 5 heteroatoms. The van der Waals surface area contributed by atoms with E-state index in [1.807, 2.05) is 6.92 Å². The van der Waals surface area contributed by atoms with Crippen molar-refractivity contribution in [2.24, 2.45) is 23.7 Å². The minimum atomic E-state index is -4.16. The van der Waals surface area contributed by atoms with Crippen LogP contribution in [-0.2, 0) is 4.74 Å². The van der Waals surface area contributed by atoms with E-state index in [0.29, 0.717) is 6.61 Å². The maximum Gasteiger partial charge on any atom is 0.391 e. The largest absolute Gasteiger partial charge is 0.396 e. The number of aliphatic hydroxyl groups is 1. The van der Waals surface area contributed by atoms with Crippen LogP contribution in [0.4, 0.5) is 13.2 Å². The molecular weight excluding hydrogens is 221 g/mol. The summed E-state index contributed by atoms with van der Waals surface area (Å²) in [6.45, 7) is 2.35. The van der Waals surface area contributed by atoms with E-state index in [0.717, 1.165) is 0 Å². The van der Waals surface area contributed by atoms with Crippen molar-refractivity contribution in [2.45, 2.75) is 32.0 Å². The van der Waals surface area contributed by atoms with Crippen LogP contribution in [0.2, 0.25) is 0 Å². The van der Waals surface area contributed by atoms with Gasteiger partial charge in [-0.1, -0.05) is 6.92 Å². The van der Waals surface area contributed by atoms with Crippen LogP contribution in [0.25, 0.3) is 0 Å². The second-order valence-electron chi connectivity index (χ2n) is 5.08. The topological polar surface area (TPSA) is 29.5 Å². The molecule has 5 atom stereocenters. The Morgan fingerprint density at radius 1 is 1.31 bits per heavy atom. The van der Waals surface area contributed by atoms with Crippen LogP contribution in [0.1, 0.15) is 19.8 Å². The first-order chi connectivity index (χ1) is 7.43. The van der Waals surface area contributed by atoms with Gasteiger partial charge >= 0.3 is 6.18 Å². The third-order valence-corrected chi connectivity index (χ3v) is 4.01. The molecule has 2 rings (SSSR count). The van der Waals surface area contributed by atoms with Gasteiger partial charge in [-0.25, -0.2) is 0 Å². The van der Waals surface area contributed by atoms with Crippen LogP contribution in [-0.4, -0.2) is 30.6 Å². The Hall–Kier alpha value is -0.290. The van der Waals surface area contributed by atoms with E-state index >= 15 is 0 Å². The molecule has 94 valence electrons. The summed E-state index contributed by atoms with van der Waals surface area (Å²) in [6.07, 6.45) is -4.36. The molecule has 0 aromatic heterocycles. The summed E-state index contributed by atoms with van der Waals surface area (Å²) in [4.78, 5) is 0. The molecule has 0 amide bonds. The number of rotatable bonds is 1. The van der Waals surface area contributed by atoms with Crippen LogP contribution < -0.4 is 0 Å². The summed E-state index contributed by atoms with van der Waals surface area (Å²) in [5.41, 5.74) is 0. The van der Waals surface area contributed by atoms with Gasteiger partial charge in [-0.3, -0.25) is 0 Å². The molecule has 0 unspecified atom stereocenters. The third-order valence-electron chi connectivity index (χ3n) is 4.01. The molecule has 0 spiro atoms. The highest BCUT2D eigenvalue weighted by Crippen LogP contribution is 2.48. The number of hydrogen-bond donors (Lipinski definition) is 1. The maximum atomic E-state index is 12.7. The molecule has 1 saturated carbocycles. The average Bonchev–Trinajstić information content (AvgIpc) is 2.58. The van der Waals surface area contributed by atoms with Crippen molar-refractivity contribution >= 4 is 0 Å². The quantitative estimate of drug-likeness (QED) is 0.759. The Morgan fingerprint density at radius 3 is 2.56 bits per heavy atom. The molecule has 0 aromatic carbocycles. The SMILES string of the molecule is C[C@@H]1CO[C@@H]2C[C@H](C(F)(F)F)C[C@@H](CO)[C@H]12. The van der Waals surface area contributed by atoms with Crippen LogP contribution in [0, 0.1) is 23.7 Å². The fourth-order valence-electron chi connectivity index (χ4n) is 3.22. The summed E-state index contributed by atoms with van der Waals surface area (Å²) in [5.74, 6) is -1.21. The molecule has 1 aliphatic heterocycles. The Morgan fingerprint density at radius 2 is 2.00 bits per heavy atom. The van der Waals surface area contributed by atoms with Crippen molar-refractivity contribution in [1.82, 2.24) is 0 Å². The third kappa shape index (κ3) is 2.07. The lowest BCUT2D eigenvalue weighted by Gasteiger charge is -2.38. The number of hydrogen-bond acceptors (Lipinski definition) is 2. The van der Waals surface area contributed by atoms with Gasteiger partial charge in [0.25, 0.3) is 0 Å². The number of alkyl halides is 3. The number of aliphatic hydroxyl groups excluding tert-OH is 1. The summed E-state index contributed by atoms with van der Waals surface area (Å²) < 4.78 is 43.4. The van der Waals surface area contributed by atoms with Crippen molar-refractivity contribution in [3.8, 4) is 0 Å². The van der Waals surface area contributed by atoms with Gasteiger partial charge in [0.15, 0.2) is 0 Å². The summed E-state index contributed by atoms with van der Waals surface area (Å²) in [7, 11) is 0. The van der Waals surface area contributed by atoms with Crippen molar-refractivity contribution in [3.05, 3.63) is 0 Å². The lowest BCUT2D eigenvalue weighted by molar-refractivity contribution is -0.200. The molecule has 1 N–H and O–H groups in total. The lowest BCUT2D eigenvalue weighted by atomic mass is 9.69. The highest BCUT2D eigenvalue weighted by atomic mass is 19.4. The smallest absolute Gasteiger partial charge is 0.391 e. The van der Waals surface area contributed by atoms with E-state index in [1.54, 1.807) is 0 Å². The Kier molecular flexibility index (Phi) is 3.18. The molecular formula is C11H17F3O2. The predicted octanol–water partition coefficient (Wildman–Crippen LogP) is 2.22. The molecule has 0 bridgehead atoms. The molecule has 2 aliphatic rings. The van der Waals surface area contributed by atoms with E-state index < -0.39 is 12.1 Å². The molecule has 0 aromatic rings. The van der Waals surface area contributed by atoms with Crippen molar-refractivity contribution in [3.63, 3.8) is 0 Å². The van der Waals surface area contributed by atoms with Crippen LogP contribution in [0.5, 0.6) is 0 Å². The van der Waals surface area contributed by atoms with Gasteiger partial charge in [0.1, 0.15) is 0 Å². The predicted molar refractivity (Wildman–Crippen MR) is 51.7 cm³/mol. The monoisotopic (exact) mass is 238 g/mol. The normalized spacial score (nSPS) is 44.4. The molecule has 1 aliphatic carbocycles. The second kappa shape index (κ2) is 4.18. The number of halogens is 3. The van der Waals surface area contributed by atoms with Gasteiger partial charge in [0.2, 0.25) is 0 Å². The zero-order valence-electron chi connectivity index (χ0n) is 9.20. The van der Waals surface area contributed by atoms with Crippen molar-refractivity contribution in [2.75, 3.05) is 13.2 Å². The van der Waals surface area contributed by atoms with E-state index in [9.17, 15) is 18.3 Å². The summed E-state index contributed by atoms with van der Waals surface area (Å²) >= 11 is 0. The zero-order valence-corrected chi connectivity index (χ0v) is 9.20. The lowest BCUT2D eigenvalue weighted by Crippen LogP contribution is -2.42. The number of ether oxygens (including phenoxy) is 1. The van der Waals surface area contributed by atoms with Gasteiger partial charge in [0.05, 0.1) is 12.0 Å². The molecule has 2 fully saturated rings. The first kappa shape index (κ1) is 12.2. The van der Waals surface area contributed by atoms with E-state index in [4.69, 9.17) is 4.74 Å². The van der Waals surface area contributed by atoms with Crippen LogP contribution in [0.3, 0.4) is 0 Å². The first-order valence-electron chi connectivity index (χ1n) is 5.72. The Bertz CT molecular complexity index is 254. The standard InChI is InChI=1S/C11H17F3O2/c1-6-5-16-9-3-8(11(12,13)14)2-7(4-15)10(6)9/h6-10,15H,2-5H2,1H3/t6-,7+,8-,9-,10+/m1/s1. The highest BCUT2D eigenvalue weighted by Gasteiger charge is 2.52. The Labute approximate surface area is 92.8 Å². The van der Waals surface area contributed by atoms with Crippen LogP contribution >= 0.6 is 0 Å². The fourth-order valence-corrected chi connectivity index (χ4v) is 3.22. The molecule has 1 heterocycles. The minimum Gasteiger partial charge on any atom is -0.396 e. The molecule has 0 radical (unpaired) electrons. The average molecular weight is 238 g/mol. The van der Waals surface area contributed by atoms with Crippen LogP contribution in [0.15, 0.2) is 0 Å². The van der Waals surface area contributed by atoms with Crippen molar-refractivity contribution < 1.29 is 23.0 Å². The maximum absolute atomic E-state index is 12.7. The van der Waals surface area contributed by atoms with Gasteiger partial charge in [-0.15, -0.1) is 0 Å². The number of fused-ring (bicyclic) bond motifs is 1. The van der Waals surface area contributed by atoms with Gasteiger partial charge in [0, 0.05) is 13.2 Å². The van der Waals surface area contributed by atoms with E-state index in [1.165, 1.54) is 0 Å². The van der Waals surface area contributed by atoms with Crippen molar-refractivity contribution in [1.29, 1.82) is 0 Å². The van der Waals surface area contributed by atoms with Gasteiger partial charge in [-0.2, -0.15) is 13.2 Å². The summed E-state index contributed by atoms with van der Waals surface area (Å²) in [5, 5.41) is 9.22. The Balaban J connectivity index is 2.12. The molecule has 16 heavy (non-hydrogen) atoms. The zero-order chi connectivity index (χ0) is 11.9. The van der Waals surface area contributed by atoms with Gasteiger partial charge < -0.3 is 9.84 Å². The molecule has 1 saturated heterocycles. The highest BCUT2D eigenvalue weighted by molar-refractivity contribution is 4.94. The molecule has 2 nitrogen and oxygen atoms in total. The second-order valence-corrected chi connectivity index (χ2v) is 5.08. The van der Waals surface area contributed by atoms with E-state index in [2.05, 4.69) is 0 Å². The fraction of sp³-hybridized carbons (Fsp3) is 1.00. The minimum absolute atomic E-state index is 0.0505. The first-order valence-corrected chi connectivity index (χ1v) is 5.72. The van der Waals surface area contributed by atoms with Gasteiger partial charge in [-0.05, 0) is 30.6 Å². The van der Waals surface area contributed by atoms with E-state index in [-0.39, 0.29) is 43.3 Å². The summed E-state index contributed by atoms with van der Waals surface area (Å²) in [6, 6.07) is 0.